The normalized spacial score (nSPS) is 15.2. The average Bonchev–Trinajstić information content (AvgIpc) is 3.58. The lowest BCUT2D eigenvalue weighted by Gasteiger charge is -2.16. The highest BCUT2D eigenvalue weighted by Gasteiger charge is 2.27. The predicted molar refractivity (Wildman–Crippen MR) is 133 cm³/mol. The van der Waals surface area contributed by atoms with E-state index in [0.717, 1.165) is 24.2 Å². The Bertz CT molecular complexity index is 1460. The molecule has 0 radical (unpaired) electrons. The summed E-state index contributed by atoms with van der Waals surface area (Å²) in [5.41, 5.74) is 3.32. The number of carbonyl (C=O) groups is 1. The second kappa shape index (κ2) is 10.2. The quantitative estimate of drug-likeness (QED) is 0.337. The van der Waals surface area contributed by atoms with Crippen LogP contribution in [0.5, 0.6) is 0 Å². The molecule has 2 aromatic heterocycles. The van der Waals surface area contributed by atoms with Crippen LogP contribution in [0.25, 0.3) is 0 Å². The topological polar surface area (TPSA) is 138 Å². The maximum atomic E-state index is 12.9. The summed E-state index contributed by atoms with van der Waals surface area (Å²) >= 11 is 1.05. The van der Waals surface area contributed by atoms with E-state index in [2.05, 4.69) is 20.2 Å². The number of rotatable bonds is 8. The molecule has 3 heterocycles. The number of hydrazone groups is 1. The summed E-state index contributed by atoms with van der Waals surface area (Å²) < 4.78 is 54.8. The van der Waals surface area contributed by atoms with Gasteiger partial charge in [0.05, 0.1) is 21.9 Å². The van der Waals surface area contributed by atoms with Crippen LogP contribution < -0.4 is 10.1 Å². The maximum Gasteiger partial charge on any atom is 0.275 e. The molecule has 184 valence electrons. The van der Waals surface area contributed by atoms with Crippen LogP contribution in [-0.4, -0.2) is 50.8 Å². The van der Waals surface area contributed by atoms with Crippen molar-refractivity contribution in [3.63, 3.8) is 0 Å². The molecule has 4 rings (SSSR count). The maximum absolute atomic E-state index is 12.9. The van der Waals surface area contributed by atoms with Gasteiger partial charge in [0.2, 0.25) is 10.0 Å². The molecule has 3 aromatic rings. The minimum absolute atomic E-state index is 0.0189. The molecule has 0 atom stereocenters. The second-order valence-electron chi connectivity index (χ2n) is 7.74. The first kappa shape index (κ1) is 25.0. The molecule has 13 heteroatoms. The highest BCUT2D eigenvalue weighted by Crippen LogP contribution is 2.23. The number of pyridine rings is 1. The smallest absolute Gasteiger partial charge is 0.275 e. The van der Waals surface area contributed by atoms with E-state index in [9.17, 15) is 21.6 Å². The molecule has 0 unspecified atom stereocenters. The fourth-order valence-corrected chi connectivity index (χ4v) is 7.13. The summed E-state index contributed by atoms with van der Waals surface area (Å²) in [6.45, 7) is 2.63. The third-order valence-electron chi connectivity index (χ3n) is 5.35. The number of hydrogen-bond donors (Lipinski definition) is 2. The third-order valence-corrected chi connectivity index (χ3v) is 10.0. The first-order valence-corrected chi connectivity index (χ1v) is 14.4. The third kappa shape index (κ3) is 5.59. The van der Waals surface area contributed by atoms with Crippen LogP contribution in [0.4, 0.5) is 5.69 Å². The van der Waals surface area contributed by atoms with E-state index >= 15 is 0 Å². The number of anilines is 1. The highest BCUT2D eigenvalue weighted by atomic mass is 32.2. The Morgan fingerprint density at radius 3 is 2.57 bits per heavy atom. The predicted octanol–water partition coefficient (Wildman–Crippen LogP) is 2.88. The van der Waals surface area contributed by atoms with Crippen LogP contribution in [0, 0.1) is 0 Å². The monoisotopic (exact) mass is 533 g/mol. The second-order valence-corrected chi connectivity index (χ2v) is 12.5. The number of amides is 1. The van der Waals surface area contributed by atoms with Crippen molar-refractivity contribution in [1.29, 1.82) is 0 Å². The van der Waals surface area contributed by atoms with Crippen molar-refractivity contribution in [3.05, 3.63) is 71.4 Å². The van der Waals surface area contributed by atoms with Gasteiger partial charge in [-0.1, -0.05) is 18.2 Å². The molecule has 1 saturated heterocycles. The minimum Gasteiger partial charge on any atom is -0.278 e. The first-order chi connectivity index (χ1) is 16.7. The zero-order chi connectivity index (χ0) is 25.1. The van der Waals surface area contributed by atoms with Gasteiger partial charge in [0, 0.05) is 25.5 Å². The molecule has 1 amide bonds. The molecule has 1 aliphatic heterocycles. The molecule has 2 N–H and O–H groups in total. The lowest BCUT2D eigenvalue weighted by Crippen LogP contribution is -2.28. The number of nitrogens with one attached hydrogen (secondary N) is 2. The molecule has 1 aromatic carbocycles. The Morgan fingerprint density at radius 2 is 1.86 bits per heavy atom. The molecule has 0 spiro atoms. The van der Waals surface area contributed by atoms with E-state index in [1.165, 1.54) is 41.0 Å². The van der Waals surface area contributed by atoms with Crippen molar-refractivity contribution in [1.82, 2.24) is 14.7 Å². The number of benzene rings is 1. The molecular weight excluding hydrogens is 510 g/mol. The largest absolute Gasteiger partial charge is 0.278 e. The summed E-state index contributed by atoms with van der Waals surface area (Å²) in [5, 5.41) is 5.72. The van der Waals surface area contributed by atoms with E-state index in [1.54, 1.807) is 30.5 Å². The van der Waals surface area contributed by atoms with Gasteiger partial charge in [-0.05, 0) is 55.0 Å². The van der Waals surface area contributed by atoms with Crippen molar-refractivity contribution >= 4 is 48.7 Å². The summed E-state index contributed by atoms with van der Waals surface area (Å²) in [6, 6.07) is 10.8. The van der Waals surface area contributed by atoms with Crippen LogP contribution in [0.2, 0.25) is 0 Å². The number of carbonyl (C=O) groups excluding carboxylic acids is 1. The fraction of sp³-hybridized carbons (Fsp3) is 0.227. The van der Waals surface area contributed by atoms with Crippen LogP contribution in [0.1, 0.15) is 35.7 Å². The SMILES string of the molecule is C/C(=N\NC(=O)c1cnccc1NS(=O)(=O)c1cccs1)c1cccc(S(=O)(=O)N2CCCC2)c1. The number of thiophene rings is 1. The molecular formula is C22H23N5O5S3. The Hall–Kier alpha value is -3.13. The number of aromatic nitrogens is 1. The van der Waals surface area contributed by atoms with Gasteiger partial charge in [-0.25, -0.2) is 22.3 Å². The molecule has 0 saturated carbocycles. The van der Waals surface area contributed by atoms with Crippen molar-refractivity contribution in [2.45, 2.75) is 28.9 Å². The van der Waals surface area contributed by atoms with Gasteiger partial charge in [0.15, 0.2) is 0 Å². The van der Waals surface area contributed by atoms with Crippen LogP contribution in [-0.2, 0) is 20.0 Å². The summed E-state index contributed by atoms with van der Waals surface area (Å²) in [4.78, 5) is 16.9. The van der Waals surface area contributed by atoms with Gasteiger partial charge < -0.3 is 0 Å². The van der Waals surface area contributed by atoms with Crippen LogP contribution >= 0.6 is 11.3 Å². The van der Waals surface area contributed by atoms with Gasteiger partial charge in [-0.15, -0.1) is 11.3 Å². The Kier molecular flexibility index (Phi) is 7.31. The van der Waals surface area contributed by atoms with E-state index in [1.807, 2.05) is 0 Å². The Morgan fingerprint density at radius 1 is 1.09 bits per heavy atom. The lowest BCUT2D eigenvalue weighted by molar-refractivity contribution is 0.0955. The van der Waals surface area contributed by atoms with Gasteiger partial charge in [-0.3, -0.25) is 14.5 Å². The van der Waals surface area contributed by atoms with Crippen molar-refractivity contribution in [3.8, 4) is 0 Å². The first-order valence-electron chi connectivity index (χ1n) is 10.6. The molecule has 0 aliphatic carbocycles. The van der Waals surface area contributed by atoms with E-state index < -0.39 is 26.0 Å². The van der Waals surface area contributed by atoms with Gasteiger partial charge in [-0.2, -0.15) is 9.41 Å². The lowest BCUT2D eigenvalue weighted by atomic mass is 10.1. The highest BCUT2D eigenvalue weighted by molar-refractivity contribution is 7.94. The Balaban J connectivity index is 1.52. The zero-order valence-corrected chi connectivity index (χ0v) is 21.2. The fourth-order valence-electron chi connectivity index (χ4n) is 3.49. The van der Waals surface area contributed by atoms with Crippen molar-refractivity contribution in [2.24, 2.45) is 5.10 Å². The summed E-state index contributed by atoms with van der Waals surface area (Å²) in [7, 11) is -7.45. The van der Waals surface area contributed by atoms with E-state index in [4.69, 9.17) is 0 Å². The summed E-state index contributed by atoms with van der Waals surface area (Å²) in [5.74, 6) is -0.679. The minimum atomic E-state index is -3.86. The molecule has 35 heavy (non-hydrogen) atoms. The molecule has 0 bridgehead atoms. The van der Waals surface area contributed by atoms with E-state index in [0.29, 0.717) is 24.4 Å². The standard InChI is InChI=1S/C22H23N5O5S3/c1-16(17-6-4-7-18(14-17)35(31,32)27-11-2-3-12-27)24-25-22(28)19-15-23-10-9-20(19)26-34(29,30)21-8-5-13-33-21/h4-10,13-15H,2-3,11-12H2,1H3,(H,23,26)(H,25,28)/b24-16+. The number of hydrogen-bond acceptors (Lipinski definition) is 8. The van der Waals surface area contributed by atoms with Crippen LogP contribution in [0.15, 0.2) is 74.4 Å². The molecule has 10 nitrogen and oxygen atoms in total. The molecule has 1 aliphatic rings. The average molecular weight is 534 g/mol. The zero-order valence-electron chi connectivity index (χ0n) is 18.7. The van der Waals surface area contributed by atoms with Gasteiger partial charge in [0.25, 0.3) is 15.9 Å². The Labute approximate surface area is 207 Å². The van der Waals surface area contributed by atoms with Gasteiger partial charge >= 0.3 is 0 Å². The van der Waals surface area contributed by atoms with Crippen LogP contribution in [0.3, 0.4) is 0 Å². The number of sulfonamides is 2. The van der Waals surface area contributed by atoms with Gasteiger partial charge in [0.1, 0.15) is 4.21 Å². The molecule has 1 fully saturated rings. The van der Waals surface area contributed by atoms with Crippen molar-refractivity contribution < 1.29 is 21.6 Å². The van der Waals surface area contributed by atoms with Crippen molar-refractivity contribution in [2.75, 3.05) is 17.8 Å². The number of nitrogens with zero attached hydrogens (tertiary/aromatic N) is 3. The summed E-state index contributed by atoms with van der Waals surface area (Å²) in [6.07, 6.45) is 4.27. The van der Waals surface area contributed by atoms with E-state index in [-0.39, 0.29) is 20.4 Å².